The molecule has 0 saturated carbocycles. The van der Waals surface area contributed by atoms with Crippen LogP contribution in [0.2, 0.25) is 10.0 Å². The molecule has 2 aromatic carbocycles. The summed E-state index contributed by atoms with van der Waals surface area (Å²) >= 11 is 11.9. The Morgan fingerprint density at radius 2 is 1.81 bits per heavy atom. The van der Waals surface area contributed by atoms with Crippen molar-refractivity contribution in [2.75, 3.05) is 0 Å². The Hall–Kier alpha value is -1.84. The van der Waals surface area contributed by atoms with E-state index in [4.69, 9.17) is 23.2 Å². The van der Waals surface area contributed by atoms with Crippen LogP contribution in [0.25, 0.3) is 10.9 Å². The molecule has 0 atom stereocenters. The largest absolute Gasteiger partial charge is 0.342 e. The molecule has 0 aliphatic rings. The lowest BCUT2D eigenvalue weighted by Gasteiger charge is -2.07. The van der Waals surface area contributed by atoms with Crippen molar-refractivity contribution in [2.24, 2.45) is 0 Å². The van der Waals surface area contributed by atoms with Gasteiger partial charge in [0, 0.05) is 32.8 Å². The van der Waals surface area contributed by atoms with Gasteiger partial charge in [-0.2, -0.15) is 0 Å². The van der Waals surface area contributed by atoms with E-state index in [1.165, 1.54) is 12.1 Å². The standard InChI is InChI=1S/C16H10Cl2FNO/c17-12-2-4-15(19)10(5-12)7-20-8-11(9-21)14-3-1-13(18)6-16(14)20/h1-6,8-9H,7H2. The predicted molar refractivity (Wildman–Crippen MR) is 82.8 cm³/mol. The molecule has 0 aliphatic carbocycles. The maximum Gasteiger partial charge on any atom is 0.152 e. The molecule has 3 rings (SSSR count). The van der Waals surface area contributed by atoms with E-state index in [0.29, 0.717) is 21.2 Å². The van der Waals surface area contributed by atoms with E-state index in [1.54, 1.807) is 35.0 Å². The molecule has 0 bridgehead atoms. The zero-order valence-electron chi connectivity index (χ0n) is 10.8. The fourth-order valence-electron chi connectivity index (χ4n) is 2.37. The van der Waals surface area contributed by atoms with Crippen molar-refractivity contribution < 1.29 is 9.18 Å². The number of aromatic nitrogens is 1. The molecular weight excluding hydrogens is 312 g/mol. The molecule has 0 amide bonds. The van der Waals surface area contributed by atoms with Gasteiger partial charge in [-0.1, -0.05) is 29.3 Å². The summed E-state index contributed by atoms with van der Waals surface area (Å²) < 4.78 is 15.6. The van der Waals surface area contributed by atoms with E-state index >= 15 is 0 Å². The number of carbonyl (C=O) groups is 1. The minimum absolute atomic E-state index is 0.275. The Labute approximate surface area is 130 Å². The molecule has 1 heterocycles. The van der Waals surface area contributed by atoms with Crippen LogP contribution in [0, 0.1) is 5.82 Å². The first kappa shape index (κ1) is 14.1. The number of fused-ring (bicyclic) bond motifs is 1. The lowest BCUT2D eigenvalue weighted by molar-refractivity contribution is 0.112. The van der Waals surface area contributed by atoms with Crippen LogP contribution in [0.15, 0.2) is 42.6 Å². The molecule has 0 spiro atoms. The highest BCUT2D eigenvalue weighted by Gasteiger charge is 2.11. The van der Waals surface area contributed by atoms with Crippen molar-refractivity contribution in [1.82, 2.24) is 4.57 Å². The highest BCUT2D eigenvalue weighted by atomic mass is 35.5. The molecule has 106 valence electrons. The summed E-state index contributed by atoms with van der Waals surface area (Å²) in [6.45, 7) is 0.275. The lowest BCUT2D eigenvalue weighted by Crippen LogP contribution is -2.00. The lowest BCUT2D eigenvalue weighted by atomic mass is 10.2. The van der Waals surface area contributed by atoms with Gasteiger partial charge in [0.15, 0.2) is 6.29 Å². The second-order valence-electron chi connectivity index (χ2n) is 4.73. The van der Waals surface area contributed by atoms with E-state index < -0.39 is 0 Å². The van der Waals surface area contributed by atoms with E-state index in [9.17, 15) is 9.18 Å². The monoisotopic (exact) mass is 321 g/mol. The number of hydrogen-bond donors (Lipinski definition) is 0. The predicted octanol–water partition coefficient (Wildman–Crippen LogP) is 4.95. The second kappa shape index (κ2) is 5.51. The fourth-order valence-corrected chi connectivity index (χ4v) is 2.73. The number of carbonyl (C=O) groups excluding carboxylic acids is 1. The first-order valence-corrected chi connectivity index (χ1v) is 7.01. The van der Waals surface area contributed by atoms with Crippen molar-refractivity contribution in [3.05, 3.63) is 69.6 Å². The fraction of sp³-hybridized carbons (Fsp3) is 0.0625. The molecular formula is C16H10Cl2FNO. The van der Waals surface area contributed by atoms with Crippen LogP contribution in [0.3, 0.4) is 0 Å². The number of benzene rings is 2. The summed E-state index contributed by atoms with van der Waals surface area (Å²) in [4.78, 5) is 11.2. The van der Waals surface area contributed by atoms with Gasteiger partial charge in [-0.3, -0.25) is 4.79 Å². The minimum Gasteiger partial charge on any atom is -0.342 e. The Balaban J connectivity index is 2.14. The molecule has 1 aromatic heterocycles. The van der Waals surface area contributed by atoms with Crippen molar-refractivity contribution in [3.8, 4) is 0 Å². The maximum absolute atomic E-state index is 13.9. The SMILES string of the molecule is O=Cc1cn(Cc2cc(Cl)ccc2F)c2cc(Cl)ccc12. The Morgan fingerprint density at radius 1 is 1.10 bits per heavy atom. The van der Waals surface area contributed by atoms with Gasteiger partial charge in [0.2, 0.25) is 0 Å². The summed E-state index contributed by atoms with van der Waals surface area (Å²) in [5.41, 5.74) is 1.78. The van der Waals surface area contributed by atoms with E-state index in [2.05, 4.69) is 0 Å². The summed E-state index contributed by atoms with van der Waals surface area (Å²) in [5, 5.41) is 1.82. The number of rotatable bonds is 3. The van der Waals surface area contributed by atoms with E-state index in [0.717, 1.165) is 17.2 Å². The number of hydrogen-bond acceptors (Lipinski definition) is 1. The van der Waals surface area contributed by atoms with Crippen molar-refractivity contribution in [1.29, 1.82) is 0 Å². The zero-order valence-corrected chi connectivity index (χ0v) is 12.3. The van der Waals surface area contributed by atoms with Gasteiger partial charge in [-0.05, 0) is 30.3 Å². The minimum atomic E-state index is -0.337. The first-order valence-electron chi connectivity index (χ1n) is 6.26. The van der Waals surface area contributed by atoms with Gasteiger partial charge < -0.3 is 4.57 Å². The molecule has 0 unspecified atom stereocenters. The Morgan fingerprint density at radius 3 is 2.57 bits per heavy atom. The molecule has 0 radical (unpaired) electrons. The molecule has 21 heavy (non-hydrogen) atoms. The molecule has 5 heteroatoms. The maximum atomic E-state index is 13.9. The topological polar surface area (TPSA) is 22.0 Å². The summed E-state index contributed by atoms with van der Waals surface area (Å²) in [6.07, 6.45) is 2.47. The summed E-state index contributed by atoms with van der Waals surface area (Å²) in [7, 11) is 0. The third kappa shape index (κ3) is 2.67. The third-order valence-corrected chi connectivity index (χ3v) is 3.82. The van der Waals surface area contributed by atoms with Crippen molar-refractivity contribution >= 4 is 40.4 Å². The summed E-state index contributed by atoms with van der Waals surface area (Å²) in [6, 6.07) is 9.67. The average molecular weight is 322 g/mol. The van der Waals surface area contributed by atoms with Gasteiger partial charge in [0.05, 0.1) is 12.1 Å². The highest BCUT2D eigenvalue weighted by Crippen LogP contribution is 2.25. The number of halogens is 3. The third-order valence-electron chi connectivity index (χ3n) is 3.35. The van der Waals surface area contributed by atoms with Gasteiger partial charge >= 0.3 is 0 Å². The van der Waals surface area contributed by atoms with Gasteiger partial charge in [-0.25, -0.2) is 4.39 Å². The van der Waals surface area contributed by atoms with E-state index in [1.807, 2.05) is 0 Å². The zero-order chi connectivity index (χ0) is 15.0. The van der Waals surface area contributed by atoms with Crippen LogP contribution >= 0.6 is 23.2 Å². The molecule has 0 aliphatic heterocycles. The first-order chi connectivity index (χ1) is 10.1. The molecule has 2 nitrogen and oxygen atoms in total. The Bertz CT molecular complexity index is 842. The van der Waals surface area contributed by atoms with Crippen LogP contribution in [-0.2, 0) is 6.54 Å². The van der Waals surface area contributed by atoms with Crippen LogP contribution in [0.5, 0.6) is 0 Å². The molecule has 0 N–H and O–H groups in total. The van der Waals surface area contributed by atoms with Crippen LogP contribution in [0.4, 0.5) is 4.39 Å². The molecule has 3 aromatic rings. The van der Waals surface area contributed by atoms with Gasteiger partial charge in [-0.15, -0.1) is 0 Å². The molecule has 0 fully saturated rings. The van der Waals surface area contributed by atoms with Crippen LogP contribution in [0.1, 0.15) is 15.9 Å². The van der Waals surface area contributed by atoms with Crippen molar-refractivity contribution in [2.45, 2.75) is 6.54 Å². The Kier molecular flexibility index (Phi) is 3.70. The normalized spacial score (nSPS) is 11.0. The van der Waals surface area contributed by atoms with Crippen LogP contribution in [-0.4, -0.2) is 10.9 Å². The van der Waals surface area contributed by atoms with E-state index in [-0.39, 0.29) is 12.4 Å². The highest BCUT2D eigenvalue weighted by molar-refractivity contribution is 6.31. The average Bonchev–Trinajstić information content (AvgIpc) is 2.80. The van der Waals surface area contributed by atoms with Crippen molar-refractivity contribution in [3.63, 3.8) is 0 Å². The smallest absolute Gasteiger partial charge is 0.152 e. The number of aldehydes is 1. The van der Waals surface area contributed by atoms with Gasteiger partial charge in [0.25, 0.3) is 0 Å². The summed E-state index contributed by atoms with van der Waals surface area (Å²) in [5.74, 6) is -0.337. The van der Waals surface area contributed by atoms with Gasteiger partial charge in [0.1, 0.15) is 5.82 Å². The number of nitrogens with zero attached hydrogens (tertiary/aromatic N) is 1. The quantitative estimate of drug-likeness (QED) is 0.626. The molecule has 0 saturated heterocycles. The second-order valence-corrected chi connectivity index (χ2v) is 5.60. The van der Waals surface area contributed by atoms with Crippen LogP contribution < -0.4 is 0 Å².